The molecular formula is C27H22ClN7O2. The Hall–Kier alpha value is -4.50. The molecule has 37 heavy (non-hydrogen) atoms. The smallest absolute Gasteiger partial charge is 0.259 e. The van der Waals surface area contributed by atoms with Crippen LogP contribution in [0.15, 0.2) is 73.2 Å². The number of imidazole rings is 1. The number of nitrogens with zero attached hydrogens (tertiary/aromatic N) is 5. The lowest BCUT2D eigenvalue weighted by molar-refractivity contribution is -0.119. The van der Waals surface area contributed by atoms with Gasteiger partial charge in [-0.05, 0) is 37.1 Å². The molecule has 10 heteroatoms. The molecule has 9 nitrogen and oxygen atoms in total. The maximum atomic E-state index is 13.2. The predicted octanol–water partition coefficient (Wildman–Crippen LogP) is 4.82. The summed E-state index contributed by atoms with van der Waals surface area (Å²) in [5.74, 6) is 0.865. The number of anilines is 2. The van der Waals surface area contributed by atoms with Gasteiger partial charge in [-0.2, -0.15) is 0 Å². The largest absolute Gasteiger partial charge is 0.467 e. The van der Waals surface area contributed by atoms with E-state index in [0.29, 0.717) is 33.6 Å². The van der Waals surface area contributed by atoms with E-state index in [9.17, 15) is 4.79 Å². The summed E-state index contributed by atoms with van der Waals surface area (Å²) in [6.07, 6.45) is 4.93. The summed E-state index contributed by atoms with van der Waals surface area (Å²) < 4.78 is 8.00. The Morgan fingerprint density at radius 3 is 2.59 bits per heavy atom. The topological polar surface area (TPSA) is 120 Å². The summed E-state index contributed by atoms with van der Waals surface area (Å²) in [4.78, 5) is 31.4. The van der Waals surface area contributed by atoms with Crippen LogP contribution in [0.3, 0.4) is 0 Å². The van der Waals surface area contributed by atoms with Crippen LogP contribution in [0.1, 0.15) is 36.6 Å². The lowest BCUT2D eigenvalue weighted by Gasteiger charge is -2.23. The van der Waals surface area contributed by atoms with Crippen molar-refractivity contribution in [2.45, 2.75) is 25.4 Å². The number of carbonyl (C=O) groups excluding carboxylic acids is 1. The van der Waals surface area contributed by atoms with Crippen molar-refractivity contribution in [1.29, 1.82) is 0 Å². The van der Waals surface area contributed by atoms with Crippen molar-refractivity contribution in [2.24, 2.45) is 0 Å². The molecule has 3 aromatic heterocycles. The van der Waals surface area contributed by atoms with E-state index in [1.165, 1.54) is 0 Å². The zero-order chi connectivity index (χ0) is 25.7. The number of rotatable bonds is 5. The van der Waals surface area contributed by atoms with Gasteiger partial charge in [0.25, 0.3) is 5.88 Å². The van der Waals surface area contributed by atoms with Gasteiger partial charge in [0.15, 0.2) is 5.82 Å². The third kappa shape index (κ3) is 3.75. The highest BCUT2D eigenvalue weighted by atomic mass is 35.5. The van der Waals surface area contributed by atoms with Crippen LogP contribution in [-0.2, 0) is 10.2 Å². The van der Waals surface area contributed by atoms with Gasteiger partial charge in [-0.25, -0.2) is 19.9 Å². The minimum absolute atomic E-state index is 0.184. The molecule has 0 bridgehead atoms. The number of carbonyl (C=O) groups is 1. The molecule has 2 atom stereocenters. The molecule has 3 N–H and O–H groups in total. The van der Waals surface area contributed by atoms with Crippen molar-refractivity contribution in [3.8, 4) is 17.4 Å². The molecule has 5 aromatic rings. The molecule has 0 radical (unpaired) electrons. The number of amides is 1. The van der Waals surface area contributed by atoms with Crippen LogP contribution in [0.4, 0.5) is 11.6 Å². The maximum Gasteiger partial charge on any atom is 0.259 e. The van der Waals surface area contributed by atoms with Gasteiger partial charge < -0.3 is 20.2 Å². The van der Waals surface area contributed by atoms with E-state index in [1.54, 1.807) is 54.2 Å². The second-order valence-corrected chi connectivity index (χ2v) is 9.44. The fraction of sp³-hybridized carbons (Fsp3) is 0.148. The summed E-state index contributed by atoms with van der Waals surface area (Å²) in [6, 6.07) is 16.9. The number of nitrogens with one attached hydrogen (secondary N) is 1. The third-order valence-electron chi connectivity index (χ3n) is 6.67. The van der Waals surface area contributed by atoms with E-state index in [-0.39, 0.29) is 23.7 Å². The molecule has 1 aliphatic heterocycles. The highest BCUT2D eigenvalue weighted by molar-refractivity contribution is 6.30. The average Bonchev–Trinajstić information content (AvgIpc) is 3.48. The predicted molar refractivity (Wildman–Crippen MR) is 140 cm³/mol. The standard InChI is InChI=1S/C27H22ClN7O2/c1-15(16-6-4-3-5-7-16)37-25-24-30-12-13-35(24)14-19(31-25)22-32-21(29)20-23(33-22)34-26(36)27(20,2)17-8-10-18(28)11-9-17/h3-15H,1-2H3,(H3,29,32,33,34,36)/t15-,27?/m0/s1. The van der Waals surface area contributed by atoms with Crippen molar-refractivity contribution in [2.75, 3.05) is 11.1 Å². The Kier molecular flexibility index (Phi) is 5.31. The van der Waals surface area contributed by atoms with Crippen molar-refractivity contribution in [3.05, 3.63) is 94.9 Å². The SMILES string of the molecule is C[C@H](Oc1nc(-c2nc(N)c3c(n2)NC(=O)C3(C)c2ccc(Cl)cc2)cn2ccnc12)c1ccccc1. The number of aromatic nitrogens is 5. The molecular weight excluding hydrogens is 490 g/mol. The highest BCUT2D eigenvalue weighted by Gasteiger charge is 2.47. The number of hydrogen-bond acceptors (Lipinski definition) is 7. The van der Waals surface area contributed by atoms with Crippen molar-refractivity contribution < 1.29 is 9.53 Å². The molecule has 1 aliphatic rings. The average molecular weight is 512 g/mol. The maximum absolute atomic E-state index is 13.2. The molecule has 1 unspecified atom stereocenters. The molecule has 4 heterocycles. The van der Waals surface area contributed by atoms with Crippen LogP contribution < -0.4 is 15.8 Å². The van der Waals surface area contributed by atoms with E-state index < -0.39 is 5.41 Å². The number of ether oxygens (including phenoxy) is 1. The molecule has 0 spiro atoms. The third-order valence-corrected chi connectivity index (χ3v) is 6.93. The van der Waals surface area contributed by atoms with Gasteiger partial charge in [-0.15, -0.1) is 0 Å². The first-order valence-corrected chi connectivity index (χ1v) is 12.0. The van der Waals surface area contributed by atoms with Crippen molar-refractivity contribution in [3.63, 3.8) is 0 Å². The van der Waals surface area contributed by atoms with Crippen LogP contribution in [0, 0.1) is 0 Å². The molecule has 1 amide bonds. The van der Waals surface area contributed by atoms with E-state index in [0.717, 1.165) is 11.1 Å². The summed E-state index contributed by atoms with van der Waals surface area (Å²) >= 11 is 6.06. The zero-order valence-electron chi connectivity index (χ0n) is 20.0. The van der Waals surface area contributed by atoms with Crippen LogP contribution >= 0.6 is 11.6 Å². The van der Waals surface area contributed by atoms with Crippen molar-refractivity contribution >= 4 is 34.8 Å². The van der Waals surface area contributed by atoms with Gasteiger partial charge in [-0.3, -0.25) is 4.79 Å². The van der Waals surface area contributed by atoms with Crippen LogP contribution in [0.25, 0.3) is 17.2 Å². The number of halogens is 1. The number of nitrogens with two attached hydrogens (primary N) is 1. The van der Waals surface area contributed by atoms with Gasteiger partial charge in [-0.1, -0.05) is 54.1 Å². The van der Waals surface area contributed by atoms with E-state index >= 15 is 0 Å². The Morgan fingerprint density at radius 2 is 1.84 bits per heavy atom. The molecule has 0 aliphatic carbocycles. The molecule has 184 valence electrons. The highest BCUT2D eigenvalue weighted by Crippen LogP contribution is 2.45. The van der Waals surface area contributed by atoms with Crippen LogP contribution in [0.5, 0.6) is 5.88 Å². The Labute approximate surface area is 217 Å². The second-order valence-electron chi connectivity index (χ2n) is 9.00. The van der Waals surface area contributed by atoms with Gasteiger partial charge in [0.1, 0.15) is 28.8 Å². The van der Waals surface area contributed by atoms with Crippen LogP contribution in [0.2, 0.25) is 5.02 Å². The van der Waals surface area contributed by atoms with Gasteiger partial charge >= 0.3 is 0 Å². The minimum Gasteiger partial charge on any atom is -0.467 e. The Bertz CT molecular complexity index is 1650. The first-order chi connectivity index (χ1) is 17.8. The molecule has 0 fully saturated rings. The van der Waals surface area contributed by atoms with E-state index in [4.69, 9.17) is 22.1 Å². The molecule has 0 saturated heterocycles. The lowest BCUT2D eigenvalue weighted by atomic mass is 9.78. The summed E-state index contributed by atoms with van der Waals surface area (Å²) in [5, 5.41) is 3.45. The molecule has 6 rings (SSSR count). The second kappa shape index (κ2) is 8.56. The number of hydrogen-bond donors (Lipinski definition) is 2. The quantitative estimate of drug-likeness (QED) is 0.347. The first-order valence-electron chi connectivity index (χ1n) is 11.7. The van der Waals surface area contributed by atoms with Crippen molar-refractivity contribution in [1.82, 2.24) is 24.3 Å². The Balaban J connectivity index is 1.43. The number of fused-ring (bicyclic) bond motifs is 2. The van der Waals surface area contributed by atoms with Crippen LogP contribution in [-0.4, -0.2) is 30.2 Å². The van der Waals surface area contributed by atoms with Gasteiger partial charge in [0.2, 0.25) is 11.6 Å². The summed E-state index contributed by atoms with van der Waals surface area (Å²) in [5.41, 5.74) is 8.62. The number of nitrogen functional groups attached to an aromatic ring is 1. The number of benzene rings is 2. The summed E-state index contributed by atoms with van der Waals surface area (Å²) in [6.45, 7) is 3.74. The molecule has 2 aromatic carbocycles. The monoisotopic (exact) mass is 511 g/mol. The minimum atomic E-state index is -1.07. The fourth-order valence-electron chi connectivity index (χ4n) is 4.63. The van der Waals surface area contributed by atoms with E-state index in [2.05, 4.69) is 25.3 Å². The summed E-state index contributed by atoms with van der Waals surface area (Å²) in [7, 11) is 0. The van der Waals surface area contributed by atoms with Gasteiger partial charge in [0.05, 0.1) is 5.56 Å². The van der Waals surface area contributed by atoms with Gasteiger partial charge in [0, 0.05) is 23.6 Å². The fourth-order valence-corrected chi connectivity index (χ4v) is 4.76. The first kappa shape index (κ1) is 22.9. The molecule has 0 saturated carbocycles. The zero-order valence-corrected chi connectivity index (χ0v) is 20.8. The van der Waals surface area contributed by atoms with E-state index in [1.807, 2.05) is 37.3 Å². The lowest BCUT2D eigenvalue weighted by Crippen LogP contribution is -2.32. The Morgan fingerprint density at radius 1 is 1.08 bits per heavy atom. The normalized spacial score (nSPS) is 17.4.